The fraction of sp³-hybridized carbons (Fsp3) is 0.588. The van der Waals surface area contributed by atoms with Gasteiger partial charge in [0.15, 0.2) is 17.0 Å². The predicted molar refractivity (Wildman–Crippen MR) is 94.9 cm³/mol. The molecular weight excluding hydrogens is 320 g/mol. The molecule has 2 heterocycles. The molecule has 2 aliphatic carbocycles. The van der Waals surface area contributed by atoms with E-state index in [1.54, 1.807) is 6.33 Å². The highest BCUT2D eigenvalue weighted by Gasteiger charge is 2.27. The van der Waals surface area contributed by atoms with Gasteiger partial charge in [0, 0.05) is 25.2 Å². The van der Waals surface area contributed by atoms with Gasteiger partial charge in [0.25, 0.3) is 0 Å². The number of nitrogen functional groups attached to an aromatic ring is 1. The Morgan fingerprint density at radius 3 is 2.76 bits per heavy atom. The zero-order valence-electron chi connectivity index (χ0n) is 14.0. The van der Waals surface area contributed by atoms with Crippen LogP contribution in [-0.4, -0.2) is 49.0 Å². The second-order valence-electron chi connectivity index (χ2n) is 7.09. The molecule has 0 aromatic carbocycles. The lowest BCUT2D eigenvalue weighted by molar-refractivity contribution is 0.229. The average molecular weight is 344 g/mol. The number of fused-ring (bicyclic) bond motifs is 1. The van der Waals surface area contributed by atoms with Crippen LogP contribution in [0.1, 0.15) is 31.7 Å². The summed E-state index contributed by atoms with van der Waals surface area (Å²) in [4.78, 5) is 13.2. The number of nitrogens with zero attached hydrogens (tertiary/aromatic N) is 4. The summed E-state index contributed by atoms with van der Waals surface area (Å²) in [7, 11) is 0. The summed E-state index contributed by atoms with van der Waals surface area (Å²) in [5.41, 5.74) is 7.35. The molecule has 1 saturated carbocycles. The summed E-state index contributed by atoms with van der Waals surface area (Å²) in [6.07, 6.45) is 9.65. The molecule has 25 heavy (non-hydrogen) atoms. The molecule has 134 valence electrons. The van der Waals surface area contributed by atoms with Crippen LogP contribution in [0.4, 0.5) is 11.8 Å². The van der Waals surface area contributed by atoms with Crippen molar-refractivity contribution in [2.45, 2.75) is 37.8 Å². The van der Waals surface area contributed by atoms with Gasteiger partial charge in [-0.3, -0.25) is 0 Å². The summed E-state index contributed by atoms with van der Waals surface area (Å²) in [5.74, 6) is 1.40. The van der Waals surface area contributed by atoms with E-state index < -0.39 is 0 Å². The summed E-state index contributed by atoms with van der Waals surface area (Å²) in [6.45, 7) is 0.380. The third kappa shape index (κ3) is 3.07. The number of imidazole rings is 1. The second kappa shape index (κ2) is 6.61. The zero-order chi connectivity index (χ0) is 17.4. The van der Waals surface area contributed by atoms with Crippen LogP contribution in [0.15, 0.2) is 18.5 Å². The van der Waals surface area contributed by atoms with Gasteiger partial charge < -0.3 is 25.8 Å². The summed E-state index contributed by atoms with van der Waals surface area (Å²) in [6, 6.07) is 0.388. The molecule has 4 rings (SSSR count). The van der Waals surface area contributed by atoms with Crippen LogP contribution in [0, 0.1) is 11.8 Å². The number of allylic oxidation sites excluding steroid dienone is 1. The first-order valence-electron chi connectivity index (χ1n) is 8.84. The molecule has 0 unspecified atom stereocenters. The molecule has 8 nitrogen and oxygen atoms in total. The minimum absolute atomic E-state index is 0.120. The van der Waals surface area contributed by atoms with Crippen molar-refractivity contribution >= 4 is 22.9 Å². The van der Waals surface area contributed by atoms with Gasteiger partial charge in [0.2, 0.25) is 5.95 Å². The normalized spacial score (nSPS) is 28.9. The van der Waals surface area contributed by atoms with Gasteiger partial charge in [0.05, 0.1) is 12.4 Å². The van der Waals surface area contributed by atoms with E-state index >= 15 is 0 Å². The van der Waals surface area contributed by atoms with Crippen LogP contribution >= 0.6 is 0 Å². The molecule has 0 aliphatic heterocycles. The summed E-state index contributed by atoms with van der Waals surface area (Å²) < 4.78 is 2.00. The van der Waals surface area contributed by atoms with Gasteiger partial charge in [-0.1, -0.05) is 12.2 Å². The Morgan fingerprint density at radius 1 is 1.16 bits per heavy atom. The molecule has 5 N–H and O–H groups in total. The van der Waals surface area contributed by atoms with Crippen molar-refractivity contribution in [3.63, 3.8) is 0 Å². The Kier molecular flexibility index (Phi) is 4.30. The molecule has 2 aliphatic rings. The number of nitrogens with two attached hydrogens (primary N) is 1. The average Bonchev–Trinajstić information content (AvgIpc) is 3.33. The highest BCUT2D eigenvalue weighted by molar-refractivity contribution is 5.84. The number of rotatable bonds is 5. The van der Waals surface area contributed by atoms with Crippen molar-refractivity contribution in [1.82, 2.24) is 19.5 Å². The number of anilines is 2. The van der Waals surface area contributed by atoms with Crippen molar-refractivity contribution in [2.75, 3.05) is 24.3 Å². The first-order valence-corrected chi connectivity index (χ1v) is 8.84. The maximum Gasteiger partial charge on any atom is 0.224 e. The molecule has 4 atom stereocenters. The van der Waals surface area contributed by atoms with E-state index in [0.717, 1.165) is 25.7 Å². The van der Waals surface area contributed by atoms with Crippen molar-refractivity contribution < 1.29 is 10.2 Å². The Balaban J connectivity index is 1.62. The number of hydrogen-bond acceptors (Lipinski definition) is 7. The largest absolute Gasteiger partial charge is 0.396 e. The first-order chi connectivity index (χ1) is 12.2. The highest BCUT2D eigenvalue weighted by atomic mass is 16.3. The molecule has 2 aromatic heterocycles. The van der Waals surface area contributed by atoms with Crippen LogP contribution < -0.4 is 11.1 Å². The monoisotopic (exact) mass is 344 g/mol. The minimum atomic E-state index is 0.120. The molecule has 0 saturated heterocycles. The highest BCUT2D eigenvalue weighted by Crippen LogP contribution is 2.33. The smallest absolute Gasteiger partial charge is 0.224 e. The van der Waals surface area contributed by atoms with Gasteiger partial charge in [0.1, 0.15) is 0 Å². The van der Waals surface area contributed by atoms with E-state index in [9.17, 15) is 10.2 Å². The van der Waals surface area contributed by atoms with E-state index in [0.29, 0.717) is 22.9 Å². The third-order valence-corrected chi connectivity index (χ3v) is 5.32. The van der Waals surface area contributed by atoms with Crippen molar-refractivity contribution in [3.8, 4) is 0 Å². The number of nitrogens with one attached hydrogen (secondary N) is 1. The van der Waals surface area contributed by atoms with Crippen LogP contribution in [0.5, 0.6) is 0 Å². The molecule has 1 fully saturated rings. The van der Waals surface area contributed by atoms with Gasteiger partial charge in [-0.05, 0) is 31.6 Å². The van der Waals surface area contributed by atoms with Gasteiger partial charge in [-0.15, -0.1) is 0 Å². The zero-order valence-corrected chi connectivity index (χ0v) is 14.0. The van der Waals surface area contributed by atoms with Crippen LogP contribution in [0.25, 0.3) is 11.2 Å². The van der Waals surface area contributed by atoms with Crippen LogP contribution in [-0.2, 0) is 0 Å². The van der Waals surface area contributed by atoms with E-state index in [-0.39, 0.29) is 37.2 Å². The number of hydrogen-bond donors (Lipinski definition) is 4. The maximum atomic E-state index is 9.33. The summed E-state index contributed by atoms with van der Waals surface area (Å²) >= 11 is 0. The Labute approximate surface area is 145 Å². The van der Waals surface area contributed by atoms with Crippen molar-refractivity contribution in [3.05, 3.63) is 18.5 Å². The lowest BCUT2D eigenvalue weighted by Crippen LogP contribution is -2.18. The van der Waals surface area contributed by atoms with E-state index in [4.69, 9.17) is 5.73 Å². The molecule has 0 amide bonds. The van der Waals surface area contributed by atoms with Crippen LogP contribution in [0.3, 0.4) is 0 Å². The minimum Gasteiger partial charge on any atom is -0.396 e. The Morgan fingerprint density at radius 2 is 2.04 bits per heavy atom. The van der Waals surface area contributed by atoms with Gasteiger partial charge in [-0.2, -0.15) is 9.97 Å². The predicted octanol–water partition coefficient (Wildman–Crippen LogP) is 1.09. The van der Waals surface area contributed by atoms with Gasteiger partial charge >= 0.3 is 0 Å². The fourth-order valence-electron chi connectivity index (χ4n) is 3.94. The molecular formula is C17H24N6O2. The molecule has 0 spiro atoms. The molecule has 0 radical (unpaired) electrons. The standard InChI is InChI=1S/C17H24N6O2/c18-17-21-15(20-12-3-1-10(5-12)7-24)14-16(22-17)23(9-19-14)13-4-2-11(6-13)8-25/h2,4,9-13,24-25H,1,3,5-8H2,(H3,18,20,21,22)/t10-,11-,12+,13+/m1/s1. The first kappa shape index (κ1) is 16.3. The van der Waals surface area contributed by atoms with Crippen LogP contribution in [0.2, 0.25) is 0 Å². The van der Waals surface area contributed by atoms with Crippen molar-refractivity contribution in [2.24, 2.45) is 11.8 Å². The van der Waals surface area contributed by atoms with E-state index in [2.05, 4.69) is 26.3 Å². The maximum absolute atomic E-state index is 9.33. The number of aliphatic hydroxyl groups is 2. The molecule has 2 aromatic rings. The topological polar surface area (TPSA) is 122 Å². The lowest BCUT2D eigenvalue weighted by Gasteiger charge is -2.15. The van der Waals surface area contributed by atoms with E-state index in [1.165, 1.54) is 0 Å². The Bertz CT molecular complexity index is 789. The molecule has 0 bridgehead atoms. The van der Waals surface area contributed by atoms with Crippen molar-refractivity contribution in [1.29, 1.82) is 0 Å². The summed E-state index contributed by atoms with van der Waals surface area (Å²) in [5, 5.41) is 22.1. The van der Waals surface area contributed by atoms with Gasteiger partial charge in [-0.25, -0.2) is 4.98 Å². The lowest BCUT2D eigenvalue weighted by atomic mass is 10.1. The number of aliphatic hydroxyl groups excluding tert-OH is 2. The third-order valence-electron chi connectivity index (χ3n) is 5.32. The fourth-order valence-corrected chi connectivity index (χ4v) is 3.94. The quantitative estimate of drug-likeness (QED) is 0.599. The SMILES string of the molecule is Nc1nc(N[C@H]2CC[C@@H](CO)C2)c2ncn([C@H]3C=C[C@@H](CO)C3)c2n1. The molecule has 8 heteroatoms. The van der Waals surface area contributed by atoms with E-state index in [1.807, 2.05) is 10.6 Å². The second-order valence-corrected chi connectivity index (χ2v) is 7.09. The number of aromatic nitrogens is 4. The Hall–Kier alpha value is -2.19.